The lowest BCUT2D eigenvalue weighted by Gasteiger charge is -2.13. The van der Waals surface area contributed by atoms with Crippen molar-refractivity contribution in [1.29, 1.82) is 0 Å². The van der Waals surface area contributed by atoms with E-state index in [0.717, 1.165) is 65.8 Å². The molecule has 0 radical (unpaired) electrons. The highest BCUT2D eigenvalue weighted by Crippen LogP contribution is 2.20. The predicted octanol–water partition coefficient (Wildman–Crippen LogP) is 4.37. The first kappa shape index (κ1) is 23.3. The van der Waals surface area contributed by atoms with Crippen molar-refractivity contribution in [1.82, 2.24) is 20.2 Å². The number of aldehydes is 1. The van der Waals surface area contributed by atoms with Gasteiger partial charge in [-0.2, -0.15) is 0 Å². The first-order valence-electron chi connectivity index (χ1n) is 10.8. The van der Waals surface area contributed by atoms with Crippen LogP contribution in [0.25, 0.3) is 21.7 Å². The average molecular weight is 430 g/mol. The fraction of sp³-hybridized carbons (Fsp3) is 0.269. The summed E-state index contributed by atoms with van der Waals surface area (Å²) in [6.07, 6.45) is 1.93. The van der Waals surface area contributed by atoms with Gasteiger partial charge in [-0.05, 0) is 63.1 Å². The summed E-state index contributed by atoms with van der Waals surface area (Å²) in [4.78, 5) is 21.8. The Morgan fingerprint density at radius 3 is 2.41 bits per heavy atom. The maximum absolute atomic E-state index is 10.5. The molecule has 0 aliphatic carbocycles. The molecule has 0 unspecified atom stereocenters. The van der Waals surface area contributed by atoms with E-state index in [0.29, 0.717) is 0 Å². The lowest BCUT2D eigenvalue weighted by molar-refractivity contribution is 0.112. The van der Waals surface area contributed by atoms with E-state index < -0.39 is 0 Å². The summed E-state index contributed by atoms with van der Waals surface area (Å²) >= 11 is 0. The number of nitrogens with zero attached hydrogens (tertiary/aromatic N) is 3. The van der Waals surface area contributed by atoms with Crippen molar-refractivity contribution >= 4 is 33.8 Å². The lowest BCUT2D eigenvalue weighted by Crippen LogP contribution is -2.16. The highest BCUT2D eigenvalue weighted by molar-refractivity contribution is 5.89. The highest BCUT2D eigenvalue weighted by atomic mass is 16.1. The van der Waals surface area contributed by atoms with Crippen LogP contribution in [0.1, 0.15) is 22.6 Å². The van der Waals surface area contributed by atoms with E-state index in [2.05, 4.69) is 31.6 Å². The SMILES string of the molecule is CNCCCNc1nc(CN(C)C)nc2ccccc12.O=Cc1ccc2ccccc2c1. The van der Waals surface area contributed by atoms with E-state index in [-0.39, 0.29) is 0 Å². The minimum Gasteiger partial charge on any atom is -0.369 e. The lowest BCUT2D eigenvalue weighted by atomic mass is 10.1. The second kappa shape index (κ2) is 11.9. The van der Waals surface area contributed by atoms with E-state index in [1.54, 1.807) is 0 Å². The van der Waals surface area contributed by atoms with Gasteiger partial charge in [0, 0.05) is 17.5 Å². The van der Waals surface area contributed by atoms with Gasteiger partial charge in [0.15, 0.2) is 0 Å². The molecule has 4 aromatic rings. The van der Waals surface area contributed by atoms with E-state index in [9.17, 15) is 4.79 Å². The van der Waals surface area contributed by atoms with Gasteiger partial charge in [0.1, 0.15) is 17.9 Å². The summed E-state index contributed by atoms with van der Waals surface area (Å²) < 4.78 is 0. The Balaban J connectivity index is 0.000000204. The van der Waals surface area contributed by atoms with Crippen molar-refractivity contribution in [2.45, 2.75) is 13.0 Å². The molecule has 0 fully saturated rings. The van der Waals surface area contributed by atoms with Crippen LogP contribution in [0.4, 0.5) is 5.82 Å². The van der Waals surface area contributed by atoms with Crippen LogP contribution in [0.15, 0.2) is 66.7 Å². The molecule has 0 aliphatic heterocycles. The minimum absolute atomic E-state index is 0.730. The zero-order valence-corrected chi connectivity index (χ0v) is 19.0. The molecule has 6 nitrogen and oxygen atoms in total. The van der Waals surface area contributed by atoms with E-state index >= 15 is 0 Å². The van der Waals surface area contributed by atoms with Gasteiger partial charge in [-0.15, -0.1) is 0 Å². The van der Waals surface area contributed by atoms with Crippen LogP contribution in [0.3, 0.4) is 0 Å². The zero-order valence-electron chi connectivity index (χ0n) is 19.0. The molecule has 0 atom stereocenters. The third-order valence-corrected chi connectivity index (χ3v) is 4.91. The van der Waals surface area contributed by atoms with Gasteiger partial charge in [-0.3, -0.25) is 4.79 Å². The number of fused-ring (bicyclic) bond motifs is 2. The third-order valence-electron chi connectivity index (χ3n) is 4.91. The normalized spacial score (nSPS) is 10.8. The molecule has 0 aliphatic rings. The summed E-state index contributed by atoms with van der Waals surface area (Å²) in [5.74, 6) is 1.79. The Morgan fingerprint density at radius 1 is 0.906 bits per heavy atom. The minimum atomic E-state index is 0.730. The molecule has 2 N–H and O–H groups in total. The molecule has 4 rings (SSSR count). The summed E-state index contributed by atoms with van der Waals surface area (Å²) in [5, 5.41) is 9.94. The van der Waals surface area contributed by atoms with Crippen LogP contribution in [0, 0.1) is 0 Å². The summed E-state index contributed by atoms with van der Waals surface area (Å²) in [7, 11) is 6.02. The molecule has 6 heteroatoms. The molecule has 3 aromatic carbocycles. The van der Waals surface area contributed by atoms with Gasteiger partial charge >= 0.3 is 0 Å². The second-order valence-corrected chi connectivity index (χ2v) is 7.85. The van der Waals surface area contributed by atoms with Crippen molar-refractivity contribution in [3.05, 3.63) is 78.1 Å². The number of hydrogen-bond acceptors (Lipinski definition) is 6. The smallest absolute Gasteiger partial charge is 0.150 e. The van der Waals surface area contributed by atoms with E-state index in [1.165, 1.54) is 5.39 Å². The molecule has 1 heterocycles. The summed E-state index contributed by atoms with van der Waals surface area (Å²) in [6, 6.07) is 21.8. The van der Waals surface area contributed by atoms with Gasteiger partial charge in [0.2, 0.25) is 0 Å². The highest BCUT2D eigenvalue weighted by Gasteiger charge is 2.07. The van der Waals surface area contributed by atoms with Gasteiger partial charge in [0.25, 0.3) is 0 Å². The molecule has 0 bridgehead atoms. The van der Waals surface area contributed by atoms with Gasteiger partial charge in [0.05, 0.1) is 12.1 Å². The fourth-order valence-corrected chi connectivity index (χ4v) is 3.37. The Labute approximate surface area is 189 Å². The quantitative estimate of drug-likeness (QED) is 0.320. The number of benzene rings is 3. The molecule has 0 saturated carbocycles. The first-order valence-corrected chi connectivity index (χ1v) is 10.8. The van der Waals surface area contributed by atoms with Crippen LogP contribution in [-0.4, -0.2) is 55.4 Å². The van der Waals surface area contributed by atoms with Crippen LogP contribution >= 0.6 is 0 Å². The standard InChI is InChI=1S/C15H23N5.C11H8O/c1-16-9-6-10-17-15-12-7-4-5-8-13(12)18-14(19-15)11-20(2)3;12-8-9-5-6-10-3-1-2-4-11(10)7-9/h4-5,7-8,16H,6,9-11H2,1-3H3,(H,17,18,19);1-8H. The topological polar surface area (TPSA) is 70.2 Å². The number of rotatable bonds is 8. The predicted molar refractivity (Wildman–Crippen MR) is 133 cm³/mol. The van der Waals surface area contributed by atoms with Crippen LogP contribution in [-0.2, 0) is 6.54 Å². The zero-order chi connectivity index (χ0) is 22.8. The number of aromatic nitrogens is 2. The number of anilines is 1. The van der Waals surface area contributed by atoms with Crippen LogP contribution in [0.5, 0.6) is 0 Å². The third kappa shape index (κ3) is 6.57. The first-order chi connectivity index (χ1) is 15.6. The number of carbonyl (C=O) groups is 1. The number of para-hydroxylation sites is 1. The van der Waals surface area contributed by atoms with Crippen molar-refractivity contribution in [3.8, 4) is 0 Å². The molecule has 166 valence electrons. The van der Waals surface area contributed by atoms with Crippen LogP contribution < -0.4 is 10.6 Å². The van der Waals surface area contributed by atoms with E-state index in [4.69, 9.17) is 0 Å². The Bertz CT molecular complexity index is 1160. The summed E-state index contributed by atoms with van der Waals surface area (Å²) in [6.45, 7) is 2.65. The van der Waals surface area contributed by atoms with Gasteiger partial charge < -0.3 is 15.5 Å². The van der Waals surface area contributed by atoms with Crippen molar-refractivity contribution in [2.24, 2.45) is 0 Å². The number of hydrogen-bond donors (Lipinski definition) is 2. The monoisotopic (exact) mass is 429 g/mol. The van der Waals surface area contributed by atoms with Crippen molar-refractivity contribution in [3.63, 3.8) is 0 Å². The van der Waals surface area contributed by atoms with Crippen molar-refractivity contribution < 1.29 is 4.79 Å². The second-order valence-electron chi connectivity index (χ2n) is 7.85. The Kier molecular flexibility index (Phi) is 8.66. The summed E-state index contributed by atoms with van der Waals surface area (Å²) in [5.41, 5.74) is 1.73. The molecule has 0 spiro atoms. The molecule has 0 saturated heterocycles. The maximum atomic E-state index is 10.5. The molecule has 32 heavy (non-hydrogen) atoms. The van der Waals surface area contributed by atoms with E-state index in [1.807, 2.05) is 81.8 Å². The van der Waals surface area contributed by atoms with Gasteiger partial charge in [-0.25, -0.2) is 9.97 Å². The molecule has 0 amide bonds. The largest absolute Gasteiger partial charge is 0.369 e. The molecular weight excluding hydrogens is 398 g/mol. The van der Waals surface area contributed by atoms with Gasteiger partial charge in [-0.1, -0.05) is 48.5 Å². The van der Waals surface area contributed by atoms with Crippen molar-refractivity contribution in [2.75, 3.05) is 39.5 Å². The maximum Gasteiger partial charge on any atom is 0.150 e. The van der Waals surface area contributed by atoms with Crippen LogP contribution in [0.2, 0.25) is 0 Å². The average Bonchev–Trinajstić information content (AvgIpc) is 2.81. The molecule has 1 aromatic heterocycles. The Morgan fingerprint density at radius 2 is 1.66 bits per heavy atom. The Hall–Kier alpha value is -3.35. The fourth-order valence-electron chi connectivity index (χ4n) is 3.37. The molecular formula is C26H31N5O. The number of carbonyl (C=O) groups excluding carboxylic acids is 1. The number of nitrogens with one attached hydrogen (secondary N) is 2.